The van der Waals surface area contributed by atoms with Gasteiger partial charge in [-0.3, -0.25) is 48.4 Å². The molecule has 12 N–H and O–H groups in total. The molecule has 0 aromatic carbocycles. The van der Waals surface area contributed by atoms with E-state index in [4.69, 9.17) is 77.0 Å². The maximum atomic E-state index is 13.2. The van der Waals surface area contributed by atoms with E-state index in [1.165, 1.54) is 101 Å². The van der Waals surface area contributed by atoms with Crippen molar-refractivity contribution in [3.63, 3.8) is 0 Å². The SMILES string of the molecule is CO[C@@]12[C@H](COC(N)=O)C3=C(C(=O)C(C)=C(N)C3=O)N1C[C@H]1[C@@H]2N1C(=O)OCCSSCCN1CCCCC1.CO[C@@]12[C@H](COC(N)=O)C3=C(C(=O)C(C)=C(N)C3=O)N1C[C@H]1[C@@H]2N1C(=O)OCCSSCCN1CCN(C)CC1.CO[C@@]12[C@H](COC(N)=O)C3=C(C(=O)C(C)=C(N)C3=O)N1C[C@H]1[C@@H]2N1C(=O)OCCSSc1ccccn1. The summed E-state index contributed by atoms with van der Waals surface area (Å²) in [7, 11) is 16.4. The number of carbonyl (C=O) groups excluding carboxylic acids is 12. The predicted octanol–water partition coefficient (Wildman–Crippen LogP) is 1.92. The van der Waals surface area contributed by atoms with Crippen LogP contribution in [0.5, 0.6) is 0 Å². The summed E-state index contributed by atoms with van der Waals surface area (Å²) in [6, 6.07) is 3.22. The highest BCUT2D eigenvalue weighted by atomic mass is 33.1. The van der Waals surface area contributed by atoms with Crippen molar-refractivity contribution in [1.29, 1.82) is 0 Å². The van der Waals surface area contributed by atoms with Gasteiger partial charge in [-0.15, -0.1) is 0 Å². The Morgan fingerprint density at radius 1 is 0.448 bits per heavy atom. The number of likely N-dealkylation sites (tertiary alicyclic amines) is 1. The van der Waals surface area contributed by atoms with Gasteiger partial charge in [0, 0.05) is 149 Å². The van der Waals surface area contributed by atoms with Crippen molar-refractivity contribution >= 4 is 136 Å². The summed E-state index contributed by atoms with van der Waals surface area (Å²) in [5.74, 6) is -1.41. The number of methoxy groups -OCH3 is 3. The van der Waals surface area contributed by atoms with Crippen LogP contribution < -0.4 is 34.4 Å². The molecular weight excluding hydrogens is 1630 g/mol. The fourth-order valence-electron chi connectivity index (χ4n) is 18.2. The molecule has 12 atom stereocenters. The molecule has 8 fully saturated rings. The van der Waals surface area contributed by atoms with Crippen molar-refractivity contribution in [1.82, 2.24) is 49.1 Å². The van der Waals surface area contributed by atoms with E-state index in [0.717, 1.165) is 55.8 Å². The van der Waals surface area contributed by atoms with Gasteiger partial charge in [-0.1, -0.05) is 66.5 Å². The van der Waals surface area contributed by atoms with Crippen LogP contribution >= 0.6 is 64.8 Å². The Bertz CT molecular complexity index is 4370. The number of ketones is 6. The minimum absolute atomic E-state index is 0.109. The lowest BCUT2D eigenvalue weighted by Crippen LogP contribution is -2.56. The largest absolute Gasteiger partial charge is 0.449 e. The van der Waals surface area contributed by atoms with Crippen LogP contribution in [0.4, 0.5) is 28.8 Å². The van der Waals surface area contributed by atoms with E-state index in [9.17, 15) is 57.5 Å². The zero-order chi connectivity index (χ0) is 83.1. The molecule has 0 radical (unpaired) electrons. The maximum absolute atomic E-state index is 13.2. The summed E-state index contributed by atoms with van der Waals surface area (Å²) in [5.41, 5.74) is 30.5. The molecule has 0 spiro atoms. The topological polar surface area (TPSA) is 485 Å². The number of rotatable bonds is 28. The Labute approximate surface area is 692 Å². The van der Waals surface area contributed by atoms with Gasteiger partial charge >= 0.3 is 36.6 Å². The van der Waals surface area contributed by atoms with E-state index in [2.05, 4.69) is 26.7 Å². The number of carbonyl (C=O) groups is 12. The zero-order valence-corrected chi connectivity index (χ0v) is 70.0. The number of hydrogen-bond acceptors (Lipinski definition) is 37. The van der Waals surface area contributed by atoms with E-state index in [-0.39, 0.29) is 157 Å². The molecule has 1 aromatic rings. The first-order chi connectivity index (χ1) is 55.6. The molecule has 14 aliphatic rings. The molecule has 6 amide bonds. The molecule has 12 heterocycles. The number of nitrogens with zero attached hydrogens (tertiary/aromatic N) is 10. The average molecular weight is 1730 g/mol. The van der Waals surface area contributed by atoms with Crippen LogP contribution in [0.15, 0.2) is 97.0 Å². The molecular formula is C73H96N16O21S6. The summed E-state index contributed by atoms with van der Waals surface area (Å²) in [6.07, 6.45) is 1.02. The highest BCUT2D eigenvalue weighted by Gasteiger charge is 2.81. The highest BCUT2D eigenvalue weighted by Crippen LogP contribution is 2.63. The van der Waals surface area contributed by atoms with Crippen molar-refractivity contribution < 1.29 is 100 Å². The fraction of sp³-hybridized carbons (Fsp3) is 0.603. The number of piperazine rings is 4. The number of likely N-dealkylation sites (N-methyl/N-ethyl adjacent to an activating group) is 1. The van der Waals surface area contributed by atoms with Gasteiger partial charge in [-0.2, -0.15) is 0 Å². The number of amides is 6. The summed E-state index contributed by atoms with van der Waals surface area (Å²) < 4.78 is 49.9. The first-order valence-corrected chi connectivity index (χ1v) is 45.2. The van der Waals surface area contributed by atoms with E-state index in [1.807, 2.05) is 18.2 Å². The van der Waals surface area contributed by atoms with Gasteiger partial charge in [0.2, 0.25) is 34.7 Å². The number of nitrogens with two attached hydrogens (primary N) is 6. The molecule has 37 nitrogen and oxygen atoms in total. The third-order valence-corrected chi connectivity index (χ3v) is 30.8. The van der Waals surface area contributed by atoms with E-state index >= 15 is 0 Å². The van der Waals surface area contributed by atoms with E-state index < -0.39 is 113 Å². The van der Waals surface area contributed by atoms with Gasteiger partial charge in [0.25, 0.3) is 0 Å². The summed E-state index contributed by atoms with van der Waals surface area (Å²) >= 11 is 0. The summed E-state index contributed by atoms with van der Waals surface area (Å²) in [6.45, 7) is 13.9. The van der Waals surface area contributed by atoms with Crippen LogP contribution in [0, 0.1) is 17.8 Å². The number of hydrogen-bond donors (Lipinski definition) is 6. The Kier molecular flexibility index (Phi) is 26.2. The lowest BCUT2D eigenvalue weighted by molar-refractivity contribution is -0.144. The molecule has 630 valence electrons. The second-order valence-corrected chi connectivity index (χ2v) is 37.5. The van der Waals surface area contributed by atoms with Crippen molar-refractivity contribution in [2.75, 3.05) is 169 Å². The van der Waals surface area contributed by atoms with E-state index in [1.54, 1.807) is 73.9 Å². The quantitative estimate of drug-likeness (QED) is 0.0229. The molecule has 0 bridgehead atoms. The van der Waals surface area contributed by atoms with E-state index in [0.29, 0.717) is 17.3 Å². The standard InChI is InChI=1S/C25H36N6O7S2.C25H35N5O7S2.C23H25N5O7S2/c1-14-18(26)21(33)17-15(13-38-23(27)34)25(36-3)22-16(12-30(25)19(17)20(14)32)31(22)24(35)37-9-11-40-39-10-8-29-6-4-28(2)5-7-29;1-14-18(26)21(32)17-15(13-37-23(27)33)25(35-2)22-16(12-29(25)19(17)20(14)31)30(22)24(34)36-9-11-39-38-10-8-28-6-4-3-5-7-28;1-11-16(24)19(30)15-12(10-35-21(25)31)23(33-2)20-13(9-27(23)17(15)18(11)29)28(20)22(32)34-7-8-36-37-14-5-3-4-6-26-14/h15-16,22H,4-13,26H2,1-3H3,(H2,27,34);15-16,22H,3-13,26H2,1-2H3,(H2,27,33);3-6,12-13,20H,7-10,24H2,1-2H3,(H2,25,31)/t15-,16+,22+,25-,31?;15-,16+,22+,25-,30?;12-,13+,20+,23-,28?/m111/s1. The minimum atomic E-state index is -1.32. The number of aromatic nitrogens is 1. The average Bonchev–Trinajstić information content (AvgIpc) is 1.50. The number of primary amides is 3. The molecule has 0 unspecified atom stereocenters. The van der Waals surface area contributed by atoms with Crippen molar-refractivity contribution in [3.05, 3.63) is 92.0 Å². The monoisotopic (exact) mass is 1720 g/mol. The summed E-state index contributed by atoms with van der Waals surface area (Å²) in [4.78, 5) is 174. The second kappa shape index (κ2) is 35.4. The molecule has 1 aromatic heterocycles. The number of allylic oxidation sites excluding steroid dienone is 6. The molecule has 0 saturated carbocycles. The smallest absolute Gasteiger partial charge is 0.410 e. The van der Waals surface area contributed by atoms with Crippen LogP contribution in [-0.4, -0.2) is 343 Å². The van der Waals surface area contributed by atoms with Crippen molar-refractivity contribution in [2.24, 2.45) is 52.2 Å². The molecule has 11 aliphatic heterocycles. The highest BCUT2D eigenvalue weighted by molar-refractivity contribution is 8.77. The van der Waals surface area contributed by atoms with Gasteiger partial charge in [-0.25, -0.2) is 33.8 Å². The first kappa shape index (κ1) is 85.8. The van der Waals surface area contributed by atoms with Gasteiger partial charge in [0.05, 0.1) is 70.1 Å². The number of ether oxygens (including phenoxy) is 9. The first-order valence-electron chi connectivity index (χ1n) is 37.9. The fourth-order valence-corrected chi connectivity index (χ4v) is 23.6. The molecule has 116 heavy (non-hydrogen) atoms. The number of fused-ring (bicyclic) bond motifs is 12. The number of Topliss-reactive ketones (excluding diaryl/α,β-unsaturated/α-hetero) is 6. The second-order valence-electron chi connectivity index (χ2n) is 29.6. The Hall–Kier alpha value is -8.11. The van der Waals surface area contributed by atoms with Crippen LogP contribution in [-0.2, 0) is 71.4 Å². The van der Waals surface area contributed by atoms with Crippen LogP contribution in [0.1, 0.15) is 40.0 Å². The molecule has 15 rings (SSSR count). The zero-order valence-electron chi connectivity index (χ0n) is 65.1. The Morgan fingerprint density at radius 2 is 0.784 bits per heavy atom. The third kappa shape index (κ3) is 15.5. The van der Waals surface area contributed by atoms with Crippen LogP contribution in [0.25, 0.3) is 0 Å². The number of pyridine rings is 1. The minimum Gasteiger partial charge on any atom is -0.449 e. The van der Waals surface area contributed by atoms with Gasteiger partial charge < -0.3 is 102 Å². The summed E-state index contributed by atoms with van der Waals surface area (Å²) in [5, 5.41) is 0.859. The normalized spacial score (nSPS) is 29.3. The van der Waals surface area contributed by atoms with Crippen molar-refractivity contribution in [2.45, 2.75) is 98.5 Å². The lowest BCUT2D eigenvalue weighted by Gasteiger charge is -2.40. The maximum Gasteiger partial charge on any atom is 0.410 e. The molecule has 8 saturated heterocycles. The van der Waals surface area contributed by atoms with Gasteiger partial charge in [-0.05, 0) is 76.7 Å². The molecule has 3 aliphatic carbocycles. The van der Waals surface area contributed by atoms with Gasteiger partial charge in [0.15, 0.2) is 17.2 Å². The van der Waals surface area contributed by atoms with Crippen LogP contribution in [0.2, 0.25) is 0 Å². The molecule has 43 heteroatoms. The predicted molar refractivity (Wildman–Crippen MR) is 427 cm³/mol. The Morgan fingerprint density at radius 3 is 1.11 bits per heavy atom. The Balaban J connectivity index is 0.000000151. The van der Waals surface area contributed by atoms with Gasteiger partial charge in [0.1, 0.15) is 62.8 Å². The third-order valence-electron chi connectivity index (χ3n) is 23.8. The van der Waals surface area contributed by atoms with Crippen LogP contribution in [0.3, 0.4) is 0 Å². The number of piperidine rings is 1. The lowest BCUT2D eigenvalue weighted by atomic mass is 9.82. The van der Waals surface area contributed by atoms with Crippen molar-refractivity contribution in [3.8, 4) is 0 Å².